The van der Waals surface area contributed by atoms with Crippen LogP contribution in [0.15, 0.2) is 46.3 Å². The van der Waals surface area contributed by atoms with Crippen LogP contribution in [0.2, 0.25) is 0 Å². The van der Waals surface area contributed by atoms with Gasteiger partial charge in [0.05, 0.1) is 9.48 Å². The first-order chi connectivity index (χ1) is 9.28. The summed E-state index contributed by atoms with van der Waals surface area (Å²) >= 11 is 5.23. The van der Waals surface area contributed by atoms with Crippen molar-refractivity contribution in [1.29, 1.82) is 0 Å². The van der Waals surface area contributed by atoms with Crippen molar-refractivity contribution in [3.05, 3.63) is 51.9 Å². The summed E-state index contributed by atoms with van der Waals surface area (Å²) in [7, 11) is 0. The fourth-order valence-corrected chi connectivity index (χ4v) is 3.65. The minimum atomic E-state index is 0.624. The van der Waals surface area contributed by atoms with E-state index in [1.54, 1.807) is 11.3 Å². The Bertz CT molecular complexity index is 721. The number of hydrogen-bond donors (Lipinski definition) is 1. The van der Waals surface area contributed by atoms with E-state index in [4.69, 9.17) is 5.73 Å². The third-order valence-electron chi connectivity index (χ3n) is 3.03. The van der Waals surface area contributed by atoms with E-state index in [9.17, 15) is 0 Å². The summed E-state index contributed by atoms with van der Waals surface area (Å²) in [4.78, 5) is 4.67. The minimum absolute atomic E-state index is 0.624. The minimum Gasteiger partial charge on any atom is -0.330 e. The zero-order chi connectivity index (χ0) is 13.2. The molecular weight excluding hydrogens is 320 g/mol. The molecule has 0 aliphatic carbocycles. The zero-order valence-electron chi connectivity index (χ0n) is 10.3. The summed E-state index contributed by atoms with van der Waals surface area (Å²) in [6.45, 7) is 0.624. The number of aromatic nitrogens is 1. The van der Waals surface area contributed by atoms with Crippen LogP contribution in [0.4, 0.5) is 0 Å². The highest BCUT2D eigenvalue weighted by Crippen LogP contribution is 2.33. The maximum absolute atomic E-state index is 5.60. The van der Waals surface area contributed by atoms with E-state index in [-0.39, 0.29) is 0 Å². The van der Waals surface area contributed by atoms with Gasteiger partial charge in [0.15, 0.2) is 0 Å². The number of nitrogens with two attached hydrogens (primary N) is 1. The van der Waals surface area contributed by atoms with Crippen molar-refractivity contribution in [2.75, 3.05) is 6.54 Å². The molecule has 4 heteroatoms. The normalized spacial score (nSPS) is 11.1. The molecule has 0 bridgehead atoms. The van der Waals surface area contributed by atoms with Crippen LogP contribution in [0.5, 0.6) is 0 Å². The molecule has 0 unspecified atom stereocenters. The Morgan fingerprint density at radius 3 is 2.68 bits per heavy atom. The van der Waals surface area contributed by atoms with Gasteiger partial charge in [0.25, 0.3) is 0 Å². The van der Waals surface area contributed by atoms with Crippen LogP contribution in [0.1, 0.15) is 5.69 Å². The van der Waals surface area contributed by atoms with Crippen LogP contribution in [0, 0.1) is 0 Å². The molecule has 1 aromatic heterocycles. The molecule has 0 saturated carbocycles. The van der Waals surface area contributed by atoms with Crippen molar-refractivity contribution >= 4 is 38.0 Å². The van der Waals surface area contributed by atoms with Crippen LogP contribution >= 0.6 is 27.3 Å². The van der Waals surface area contributed by atoms with Crippen molar-refractivity contribution in [3.63, 3.8) is 0 Å². The number of nitrogens with zero attached hydrogens (tertiary/aromatic N) is 1. The number of hydrogen-bond acceptors (Lipinski definition) is 3. The van der Waals surface area contributed by atoms with E-state index in [1.165, 1.54) is 10.8 Å². The largest absolute Gasteiger partial charge is 0.330 e. The quantitative estimate of drug-likeness (QED) is 0.779. The van der Waals surface area contributed by atoms with Gasteiger partial charge in [-0.15, -0.1) is 11.3 Å². The van der Waals surface area contributed by atoms with Gasteiger partial charge >= 0.3 is 0 Å². The molecule has 0 aliphatic rings. The van der Waals surface area contributed by atoms with Gasteiger partial charge in [-0.05, 0) is 39.3 Å². The van der Waals surface area contributed by atoms with Crippen molar-refractivity contribution in [3.8, 4) is 10.6 Å². The first kappa shape index (κ1) is 12.8. The lowest BCUT2D eigenvalue weighted by atomic mass is 10.1. The van der Waals surface area contributed by atoms with E-state index in [0.717, 1.165) is 26.5 Å². The predicted octanol–water partition coefficient (Wildman–Crippen LogP) is 4.23. The summed E-state index contributed by atoms with van der Waals surface area (Å²) < 4.78 is 1.08. The van der Waals surface area contributed by atoms with Gasteiger partial charge in [0, 0.05) is 12.0 Å². The molecule has 0 saturated heterocycles. The van der Waals surface area contributed by atoms with Gasteiger partial charge in [0.1, 0.15) is 5.01 Å². The SMILES string of the molecule is NCCc1nc(-c2ccc3ccccc3c2)sc1Br. The highest BCUT2D eigenvalue weighted by atomic mass is 79.9. The Morgan fingerprint density at radius 2 is 1.89 bits per heavy atom. The van der Waals surface area contributed by atoms with Gasteiger partial charge < -0.3 is 5.73 Å². The third kappa shape index (κ3) is 2.56. The fraction of sp³-hybridized carbons (Fsp3) is 0.133. The van der Waals surface area contributed by atoms with Crippen molar-refractivity contribution in [2.24, 2.45) is 5.73 Å². The summed E-state index contributed by atoms with van der Waals surface area (Å²) in [5, 5.41) is 3.54. The van der Waals surface area contributed by atoms with Crippen molar-refractivity contribution in [1.82, 2.24) is 4.98 Å². The van der Waals surface area contributed by atoms with E-state index >= 15 is 0 Å². The van der Waals surface area contributed by atoms with Crippen LogP contribution < -0.4 is 5.73 Å². The average molecular weight is 333 g/mol. The lowest BCUT2D eigenvalue weighted by Crippen LogP contribution is -2.03. The molecule has 2 N–H and O–H groups in total. The van der Waals surface area contributed by atoms with Gasteiger partial charge in [0.2, 0.25) is 0 Å². The summed E-state index contributed by atoms with van der Waals surface area (Å²) in [6, 6.07) is 14.8. The maximum atomic E-state index is 5.60. The molecule has 0 spiro atoms. The van der Waals surface area contributed by atoms with Crippen molar-refractivity contribution in [2.45, 2.75) is 6.42 Å². The summed E-state index contributed by atoms with van der Waals surface area (Å²) in [5.41, 5.74) is 7.81. The van der Waals surface area contributed by atoms with Gasteiger partial charge in [-0.2, -0.15) is 0 Å². The molecule has 0 aliphatic heterocycles. The van der Waals surface area contributed by atoms with Crippen molar-refractivity contribution < 1.29 is 0 Å². The van der Waals surface area contributed by atoms with E-state index < -0.39 is 0 Å². The van der Waals surface area contributed by atoms with E-state index in [0.29, 0.717) is 6.54 Å². The van der Waals surface area contributed by atoms with Crippen LogP contribution in [-0.2, 0) is 6.42 Å². The molecule has 19 heavy (non-hydrogen) atoms. The molecule has 2 aromatic carbocycles. The Balaban J connectivity index is 2.06. The topological polar surface area (TPSA) is 38.9 Å². The third-order valence-corrected chi connectivity index (χ3v) is 4.91. The second-order valence-corrected chi connectivity index (χ2v) is 6.66. The first-order valence-electron chi connectivity index (χ1n) is 6.12. The van der Waals surface area contributed by atoms with Gasteiger partial charge in [-0.3, -0.25) is 0 Å². The second kappa shape index (κ2) is 5.41. The standard InChI is InChI=1S/C15H13BrN2S/c16-14-13(7-8-17)18-15(19-14)12-6-5-10-3-1-2-4-11(10)9-12/h1-6,9H,7-8,17H2. The monoisotopic (exact) mass is 332 g/mol. The second-order valence-electron chi connectivity index (χ2n) is 4.34. The lowest BCUT2D eigenvalue weighted by molar-refractivity contribution is 0.932. The molecular formula is C15H13BrN2S. The number of fused-ring (bicyclic) bond motifs is 1. The molecule has 0 amide bonds. The van der Waals surface area contributed by atoms with Gasteiger partial charge in [-0.1, -0.05) is 36.4 Å². The first-order valence-corrected chi connectivity index (χ1v) is 7.73. The lowest BCUT2D eigenvalue weighted by Gasteiger charge is -2.00. The summed E-state index contributed by atoms with van der Waals surface area (Å²) in [6.07, 6.45) is 0.810. The molecule has 0 radical (unpaired) electrons. The van der Waals surface area contributed by atoms with E-state index in [1.807, 2.05) is 0 Å². The predicted molar refractivity (Wildman–Crippen MR) is 85.5 cm³/mol. The fourth-order valence-electron chi connectivity index (χ4n) is 2.07. The smallest absolute Gasteiger partial charge is 0.124 e. The van der Waals surface area contributed by atoms with E-state index in [2.05, 4.69) is 63.4 Å². The molecule has 1 heterocycles. The van der Waals surface area contributed by atoms with Gasteiger partial charge in [-0.25, -0.2) is 4.98 Å². The van der Waals surface area contributed by atoms with Crippen LogP contribution in [0.3, 0.4) is 0 Å². The maximum Gasteiger partial charge on any atom is 0.124 e. The van der Waals surface area contributed by atoms with Crippen LogP contribution in [-0.4, -0.2) is 11.5 Å². The highest BCUT2D eigenvalue weighted by Gasteiger charge is 2.10. The summed E-state index contributed by atoms with van der Waals surface area (Å²) in [5.74, 6) is 0. The Labute approximate surface area is 124 Å². The number of thiazole rings is 1. The molecule has 2 nitrogen and oxygen atoms in total. The highest BCUT2D eigenvalue weighted by molar-refractivity contribution is 9.11. The Kier molecular flexibility index (Phi) is 3.64. The molecule has 96 valence electrons. The average Bonchev–Trinajstić information content (AvgIpc) is 2.80. The Morgan fingerprint density at radius 1 is 1.11 bits per heavy atom. The van der Waals surface area contributed by atoms with Crippen LogP contribution in [0.25, 0.3) is 21.3 Å². The number of halogens is 1. The zero-order valence-corrected chi connectivity index (χ0v) is 12.7. The molecule has 3 aromatic rings. The number of rotatable bonds is 3. The Hall–Kier alpha value is -1.23. The number of benzene rings is 2. The molecule has 0 atom stereocenters. The molecule has 3 rings (SSSR count). The molecule has 0 fully saturated rings.